The molecule has 0 aromatic heterocycles. The molecule has 1 saturated carbocycles. The Kier molecular flexibility index (Phi) is 6.53. The van der Waals surface area contributed by atoms with Gasteiger partial charge in [0.05, 0.1) is 6.04 Å². The summed E-state index contributed by atoms with van der Waals surface area (Å²) in [5, 5.41) is 4.99. The Labute approximate surface area is 163 Å². The zero-order valence-corrected chi connectivity index (χ0v) is 16.6. The molecule has 1 unspecified atom stereocenters. The number of carbonyl (C=O) groups is 1. The minimum absolute atomic E-state index is 0.0327. The second kappa shape index (κ2) is 8.65. The number of hydrogen-bond donors (Lipinski definition) is 1. The third kappa shape index (κ3) is 5.28. The van der Waals surface area contributed by atoms with Crippen molar-refractivity contribution in [2.45, 2.75) is 50.6 Å². The molecule has 1 aromatic carbocycles. The van der Waals surface area contributed by atoms with E-state index in [4.69, 9.17) is 28.2 Å². The molecule has 1 atom stereocenters. The summed E-state index contributed by atoms with van der Waals surface area (Å²) in [7, 11) is 2.04. The second-order valence-corrected chi connectivity index (χ2v) is 8.55. The minimum atomic E-state index is -0.0327. The standard InChI is InChI=1S/C18H23Cl2N3OS/c1-23-16(11-25-18(23)22-14-5-3-2-4-6-14)10-17(24)21-15-8-12(19)7-13(20)9-15/h7-9,14,16H,2-6,10-11H2,1H3,(H,21,24). The van der Waals surface area contributed by atoms with Gasteiger partial charge in [0.2, 0.25) is 5.91 Å². The molecule has 1 aromatic rings. The molecule has 25 heavy (non-hydrogen) atoms. The van der Waals surface area contributed by atoms with Crippen LogP contribution in [0.2, 0.25) is 10.0 Å². The van der Waals surface area contributed by atoms with Crippen molar-refractivity contribution in [2.75, 3.05) is 18.1 Å². The largest absolute Gasteiger partial charge is 0.350 e. The highest BCUT2D eigenvalue weighted by atomic mass is 35.5. The molecule has 0 spiro atoms. The summed E-state index contributed by atoms with van der Waals surface area (Å²) < 4.78 is 0. The number of nitrogens with one attached hydrogen (secondary N) is 1. The summed E-state index contributed by atoms with van der Waals surface area (Å²) in [6.07, 6.45) is 6.71. The molecule has 1 aliphatic carbocycles. The van der Waals surface area contributed by atoms with Crippen LogP contribution in [0, 0.1) is 0 Å². The van der Waals surface area contributed by atoms with Crippen LogP contribution in [0.5, 0.6) is 0 Å². The molecule has 136 valence electrons. The van der Waals surface area contributed by atoms with Crippen molar-refractivity contribution in [2.24, 2.45) is 4.99 Å². The SMILES string of the molecule is CN1C(=NC2CCCCC2)SCC1CC(=O)Nc1cc(Cl)cc(Cl)c1. The highest BCUT2D eigenvalue weighted by Crippen LogP contribution is 2.29. The van der Waals surface area contributed by atoms with Crippen molar-refractivity contribution in [1.82, 2.24) is 4.90 Å². The molecular weight excluding hydrogens is 377 g/mol. The van der Waals surface area contributed by atoms with Gasteiger partial charge >= 0.3 is 0 Å². The van der Waals surface area contributed by atoms with Gasteiger partial charge in [-0.05, 0) is 31.0 Å². The third-order valence-electron chi connectivity index (χ3n) is 4.69. The summed E-state index contributed by atoms with van der Waals surface area (Å²) in [5.41, 5.74) is 0.631. The van der Waals surface area contributed by atoms with Gasteiger partial charge in [0.25, 0.3) is 0 Å². The molecule has 1 amide bonds. The number of thioether (sulfide) groups is 1. The van der Waals surface area contributed by atoms with Crippen molar-refractivity contribution in [1.29, 1.82) is 0 Å². The molecular formula is C18H23Cl2N3OS. The summed E-state index contributed by atoms with van der Waals surface area (Å²) in [4.78, 5) is 19.4. The van der Waals surface area contributed by atoms with Crippen LogP contribution < -0.4 is 5.32 Å². The molecule has 0 radical (unpaired) electrons. The zero-order valence-electron chi connectivity index (χ0n) is 14.3. The van der Waals surface area contributed by atoms with Crippen LogP contribution in [0.1, 0.15) is 38.5 Å². The Morgan fingerprint density at radius 2 is 1.92 bits per heavy atom. The number of carbonyl (C=O) groups excluding carboxylic acids is 1. The van der Waals surface area contributed by atoms with Gasteiger partial charge in [-0.1, -0.05) is 54.2 Å². The summed E-state index contributed by atoms with van der Waals surface area (Å²) >= 11 is 13.7. The van der Waals surface area contributed by atoms with Crippen molar-refractivity contribution in [3.63, 3.8) is 0 Å². The summed E-state index contributed by atoms with van der Waals surface area (Å²) in [5.74, 6) is 0.862. The number of hydrogen-bond acceptors (Lipinski definition) is 3. The number of anilines is 1. The normalized spacial score (nSPS) is 23.2. The van der Waals surface area contributed by atoms with E-state index in [9.17, 15) is 4.79 Å². The first-order valence-electron chi connectivity index (χ1n) is 8.70. The number of halogens is 2. The quantitative estimate of drug-likeness (QED) is 0.769. The van der Waals surface area contributed by atoms with E-state index >= 15 is 0 Å². The fraction of sp³-hybridized carbons (Fsp3) is 0.556. The first-order valence-corrected chi connectivity index (χ1v) is 10.4. The van der Waals surface area contributed by atoms with E-state index in [1.54, 1.807) is 30.0 Å². The molecule has 1 aliphatic heterocycles. The Morgan fingerprint density at radius 1 is 1.24 bits per heavy atom. The Balaban J connectivity index is 1.55. The zero-order chi connectivity index (χ0) is 17.8. The Bertz CT molecular complexity index is 641. The van der Waals surface area contributed by atoms with Gasteiger partial charge in [0.15, 0.2) is 5.17 Å². The van der Waals surface area contributed by atoms with Gasteiger partial charge in [0, 0.05) is 41.0 Å². The number of nitrogens with zero attached hydrogens (tertiary/aromatic N) is 2. The minimum Gasteiger partial charge on any atom is -0.350 e. The molecule has 7 heteroatoms. The maximum Gasteiger partial charge on any atom is 0.226 e. The monoisotopic (exact) mass is 399 g/mol. The van der Waals surface area contributed by atoms with Crippen molar-refractivity contribution < 1.29 is 4.79 Å². The summed E-state index contributed by atoms with van der Waals surface area (Å²) in [6, 6.07) is 5.68. The van der Waals surface area contributed by atoms with Gasteiger partial charge < -0.3 is 10.2 Å². The molecule has 2 fully saturated rings. The summed E-state index contributed by atoms with van der Waals surface area (Å²) in [6.45, 7) is 0. The lowest BCUT2D eigenvalue weighted by molar-refractivity contribution is -0.116. The van der Waals surface area contributed by atoms with E-state index in [0.717, 1.165) is 10.9 Å². The maximum absolute atomic E-state index is 12.4. The van der Waals surface area contributed by atoms with Crippen molar-refractivity contribution in [3.8, 4) is 0 Å². The van der Waals surface area contributed by atoms with Gasteiger partial charge in [-0.15, -0.1) is 0 Å². The van der Waals surface area contributed by atoms with Gasteiger partial charge in [0.1, 0.15) is 0 Å². The predicted octanol–water partition coefficient (Wildman–Crippen LogP) is 5.06. The van der Waals surface area contributed by atoms with Gasteiger partial charge in [-0.3, -0.25) is 9.79 Å². The fourth-order valence-corrected chi connectivity index (χ4v) is 5.07. The van der Waals surface area contributed by atoms with E-state index in [2.05, 4.69) is 10.2 Å². The van der Waals surface area contributed by atoms with E-state index in [1.807, 2.05) is 7.05 Å². The maximum atomic E-state index is 12.4. The molecule has 4 nitrogen and oxygen atoms in total. The van der Waals surface area contributed by atoms with E-state index in [0.29, 0.717) is 28.2 Å². The van der Waals surface area contributed by atoms with Crippen LogP contribution in [0.15, 0.2) is 23.2 Å². The Hall–Kier alpha value is -0.910. The molecule has 1 saturated heterocycles. The van der Waals surface area contributed by atoms with Crippen LogP contribution in [0.25, 0.3) is 0 Å². The van der Waals surface area contributed by atoms with Crippen LogP contribution in [-0.2, 0) is 4.79 Å². The molecule has 1 N–H and O–H groups in total. The topological polar surface area (TPSA) is 44.7 Å². The average molecular weight is 400 g/mol. The van der Waals surface area contributed by atoms with Crippen LogP contribution in [-0.4, -0.2) is 40.9 Å². The molecule has 1 heterocycles. The predicted molar refractivity (Wildman–Crippen MR) is 108 cm³/mol. The van der Waals surface area contributed by atoms with Gasteiger partial charge in [-0.25, -0.2) is 0 Å². The molecule has 0 bridgehead atoms. The highest BCUT2D eigenvalue weighted by molar-refractivity contribution is 8.14. The first-order chi connectivity index (χ1) is 12.0. The van der Waals surface area contributed by atoms with Crippen LogP contribution in [0.3, 0.4) is 0 Å². The number of rotatable bonds is 4. The second-order valence-electron chi connectivity index (χ2n) is 6.69. The van der Waals surface area contributed by atoms with Gasteiger partial charge in [-0.2, -0.15) is 0 Å². The lowest BCUT2D eigenvalue weighted by atomic mass is 9.96. The third-order valence-corrected chi connectivity index (χ3v) is 6.33. The highest BCUT2D eigenvalue weighted by Gasteiger charge is 2.29. The van der Waals surface area contributed by atoms with E-state index in [1.165, 1.54) is 32.1 Å². The lowest BCUT2D eigenvalue weighted by Gasteiger charge is -2.23. The van der Waals surface area contributed by atoms with Crippen molar-refractivity contribution >= 4 is 51.7 Å². The lowest BCUT2D eigenvalue weighted by Crippen LogP contribution is -2.34. The number of benzene rings is 1. The van der Waals surface area contributed by atoms with Crippen LogP contribution >= 0.6 is 35.0 Å². The Morgan fingerprint density at radius 3 is 2.60 bits per heavy atom. The number of aliphatic imine (C=N–C) groups is 1. The first kappa shape index (κ1) is 18.9. The molecule has 2 aliphatic rings. The molecule has 3 rings (SSSR count). The van der Waals surface area contributed by atoms with E-state index < -0.39 is 0 Å². The smallest absolute Gasteiger partial charge is 0.226 e. The number of amides is 1. The number of amidine groups is 1. The van der Waals surface area contributed by atoms with Crippen LogP contribution in [0.4, 0.5) is 5.69 Å². The van der Waals surface area contributed by atoms with Crippen molar-refractivity contribution in [3.05, 3.63) is 28.2 Å². The van der Waals surface area contributed by atoms with E-state index in [-0.39, 0.29) is 11.9 Å². The average Bonchev–Trinajstić information content (AvgIpc) is 2.88. The fourth-order valence-electron chi connectivity index (χ4n) is 3.28.